The molecular formula is C16H26N4OS. The summed E-state index contributed by atoms with van der Waals surface area (Å²) in [4.78, 5) is 20.8. The van der Waals surface area contributed by atoms with Crippen LogP contribution in [0.5, 0.6) is 0 Å². The van der Waals surface area contributed by atoms with E-state index in [4.69, 9.17) is 5.73 Å². The molecule has 1 aromatic heterocycles. The minimum atomic E-state index is -0.348. The molecule has 2 N–H and O–H groups in total. The quantitative estimate of drug-likeness (QED) is 0.852. The predicted octanol–water partition coefficient (Wildman–Crippen LogP) is 1.20. The Balaban J connectivity index is 1.83. The molecule has 0 spiro atoms. The highest BCUT2D eigenvalue weighted by Gasteiger charge is 2.23. The molecule has 0 bridgehead atoms. The molecule has 122 valence electrons. The SMILES string of the molecule is CSCC[C@H](N)C(=O)N1CCCN(Cc2ccncc2)CC1. The fourth-order valence-corrected chi connectivity index (χ4v) is 3.19. The van der Waals surface area contributed by atoms with Crippen molar-refractivity contribution in [1.82, 2.24) is 14.8 Å². The van der Waals surface area contributed by atoms with Gasteiger partial charge in [0.15, 0.2) is 0 Å². The van der Waals surface area contributed by atoms with Gasteiger partial charge in [0.25, 0.3) is 0 Å². The molecule has 0 aromatic carbocycles. The van der Waals surface area contributed by atoms with Gasteiger partial charge in [0.1, 0.15) is 0 Å². The standard InChI is InChI=1S/C16H26N4OS/c1-22-12-5-15(17)16(21)20-9-2-8-19(10-11-20)13-14-3-6-18-7-4-14/h3-4,6-7,15H,2,5,8-13,17H2,1H3/t15-/m0/s1. The molecule has 0 saturated carbocycles. The van der Waals surface area contributed by atoms with E-state index in [-0.39, 0.29) is 11.9 Å². The monoisotopic (exact) mass is 322 g/mol. The highest BCUT2D eigenvalue weighted by Crippen LogP contribution is 2.10. The maximum absolute atomic E-state index is 12.4. The van der Waals surface area contributed by atoms with Crippen molar-refractivity contribution in [3.8, 4) is 0 Å². The summed E-state index contributed by atoms with van der Waals surface area (Å²) in [5, 5.41) is 0. The zero-order valence-corrected chi connectivity index (χ0v) is 14.1. The average Bonchev–Trinajstić information content (AvgIpc) is 2.78. The summed E-state index contributed by atoms with van der Waals surface area (Å²) in [6.45, 7) is 4.44. The molecule has 1 saturated heterocycles. The molecule has 0 aliphatic carbocycles. The lowest BCUT2D eigenvalue weighted by Gasteiger charge is -2.24. The first-order valence-corrected chi connectivity index (χ1v) is 9.24. The molecule has 5 nitrogen and oxygen atoms in total. The molecule has 2 rings (SSSR count). The minimum Gasteiger partial charge on any atom is -0.340 e. The Morgan fingerprint density at radius 1 is 1.32 bits per heavy atom. The number of hydrogen-bond donors (Lipinski definition) is 1. The summed E-state index contributed by atoms with van der Waals surface area (Å²) in [5.74, 6) is 1.05. The molecule has 1 amide bonds. The third kappa shape index (κ3) is 5.26. The van der Waals surface area contributed by atoms with Crippen LogP contribution in [-0.4, -0.2) is 64.9 Å². The van der Waals surface area contributed by atoms with Gasteiger partial charge in [-0.25, -0.2) is 0 Å². The second-order valence-corrected chi connectivity index (χ2v) is 6.68. The van der Waals surface area contributed by atoms with E-state index in [2.05, 4.69) is 9.88 Å². The van der Waals surface area contributed by atoms with Gasteiger partial charge in [-0.3, -0.25) is 14.7 Å². The summed E-state index contributed by atoms with van der Waals surface area (Å²) >= 11 is 1.74. The lowest BCUT2D eigenvalue weighted by Crippen LogP contribution is -2.45. The van der Waals surface area contributed by atoms with Crippen LogP contribution >= 0.6 is 11.8 Å². The van der Waals surface area contributed by atoms with Crippen molar-refractivity contribution < 1.29 is 4.79 Å². The number of thioether (sulfide) groups is 1. The fraction of sp³-hybridized carbons (Fsp3) is 0.625. The van der Waals surface area contributed by atoms with Crippen molar-refractivity contribution in [1.29, 1.82) is 0 Å². The van der Waals surface area contributed by atoms with Crippen molar-refractivity contribution in [3.05, 3.63) is 30.1 Å². The van der Waals surface area contributed by atoms with Crippen LogP contribution in [0.15, 0.2) is 24.5 Å². The van der Waals surface area contributed by atoms with E-state index in [0.29, 0.717) is 0 Å². The first-order valence-electron chi connectivity index (χ1n) is 7.85. The van der Waals surface area contributed by atoms with Gasteiger partial charge in [0.2, 0.25) is 5.91 Å². The first-order chi connectivity index (χ1) is 10.7. The van der Waals surface area contributed by atoms with Gasteiger partial charge in [-0.1, -0.05) is 0 Å². The van der Waals surface area contributed by atoms with E-state index >= 15 is 0 Å². The predicted molar refractivity (Wildman–Crippen MR) is 91.7 cm³/mol. The van der Waals surface area contributed by atoms with E-state index in [1.807, 2.05) is 35.7 Å². The maximum Gasteiger partial charge on any atom is 0.239 e. The average molecular weight is 322 g/mol. The Labute approximate surface area is 137 Å². The smallest absolute Gasteiger partial charge is 0.239 e. The van der Waals surface area contributed by atoms with Crippen LogP contribution in [0, 0.1) is 0 Å². The number of rotatable bonds is 6. The Bertz CT molecular complexity index is 457. The molecule has 22 heavy (non-hydrogen) atoms. The van der Waals surface area contributed by atoms with Crippen LogP contribution < -0.4 is 5.73 Å². The Hall–Kier alpha value is -1.11. The number of carbonyl (C=O) groups excluding carboxylic acids is 1. The van der Waals surface area contributed by atoms with E-state index in [0.717, 1.165) is 51.3 Å². The van der Waals surface area contributed by atoms with Crippen molar-refractivity contribution in [2.45, 2.75) is 25.4 Å². The van der Waals surface area contributed by atoms with Gasteiger partial charge in [-0.05, 0) is 42.5 Å². The van der Waals surface area contributed by atoms with Gasteiger partial charge in [0, 0.05) is 45.1 Å². The Morgan fingerprint density at radius 3 is 2.82 bits per heavy atom. The van der Waals surface area contributed by atoms with E-state index in [1.54, 1.807) is 11.8 Å². The van der Waals surface area contributed by atoms with Crippen LogP contribution in [0.3, 0.4) is 0 Å². The second-order valence-electron chi connectivity index (χ2n) is 5.70. The molecule has 1 aliphatic heterocycles. The lowest BCUT2D eigenvalue weighted by molar-refractivity contribution is -0.132. The molecule has 1 atom stereocenters. The summed E-state index contributed by atoms with van der Waals surface area (Å²) in [6.07, 6.45) is 7.46. The summed E-state index contributed by atoms with van der Waals surface area (Å²) in [5.41, 5.74) is 7.29. The molecule has 0 unspecified atom stereocenters. The maximum atomic E-state index is 12.4. The van der Waals surface area contributed by atoms with Crippen molar-refractivity contribution in [3.63, 3.8) is 0 Å². The fourth-order valence-electron chi connectivity index (χ4n) is 2.70. The summed E-state index contributed by atoms with van der Waals surface area (Å²) in [7, 11) is 0. The second kappa shape index (κ2) is 9.12. The number of carbonyl (C=O) groups is 1. The molecule has 1 aromatic rings. The highest BCUT2D eigenvalue weighted by atomic mass is 32.2. The number of pyridine rings is 1. The van der Waals surface area contributed by atoms with Gasteiger partial charge in [-0.15, -0.1) is 0 Å². The van der Waals surface area contributed by atoms with E-state index < -0.39 is 0 Å². The molecular weight excluding hydrogens is 296 g/mol. The number of nitrogens with two attached hydrogens (primary N) is 1. The highest BCUT2D eigenvalue weighted by molar-refractivity contribution is 7.98. The molecule has 1 fully saturated rings. The van der Waals surface area contributed by atoms with Crippen LogP contribution in [0.4, 0.5) is 0 Å². The van der Waals surface area contributed by atoms with Crippen molar-refractivity contribution in [2.24, 2.45) is 5.73 Å². The van der Waals surface area contributed by atoms with Crippen LogP contribution in [0.2, 0.25) is 0 Å². The topological polar surface area (TPSA) is 62.5 Å². The minimum absolute atomic E-state index is 0.111. The van der Waals surface area contributed by atoms with Gasteiger partial charge >= 0.3 is 0 Å². The van der Waals surface area contributed by atoms with Gasteiger partial charge < -0.3 is 10.6 Å². The molecule has 1 aliphatic rings. The van der Waals surface area contributed by atoms with Crippen LogP contribution in [-0.2, 0) is 11.3 Å². The molecule has 6 heteroatoms. The van der Waals surface area contributed by atoms with Crippen LogP contribution in [0.1, 0.15) is 18.4 Å². The number of hydrogen-bond acceptors (Lipinski definition) is 5. The number of amides is 1. The first kappa shape index (κ1) is 17.2. The zero-order chi connectivity index (χ0) is 15.8. The van der Waals surface area contributed by atoms with Crippen molar-refractivity contribution >= 4 is 17.7 Å². The molecule has 2 heterocycles. The third-order valence-electron chi connectivity index (χ3n) is 4.01. The largest absolute Gasteiger partial charge is 0.340 e. The lowest BCUT2D eigenvalue weighted by atomic mass is 10.2. The van der Waals surface area contributed by atoms with E-state index in [1.165, 1.54) is 5.56 Å². The van der Waals surface area contributed by atoms with E-state index in [9.17, 15) is 4.79 Å². The third-order valence-corrected chi connectivity index (χ3v) is 4.65. The zero-order valence-electron chi connectivity index (χ0n) is 13.3. The van der Waals surface area contributed by atoms with Crippen molar-refractivity contribution in [2.75, 3.05) is 38.2 Å². The van der Waals surface area contributed by atoms with Gasteiger partial charge in [-0.2, -0.15) is 11.8 Å². The Kier molecular flexibility index (Phi) is 7.15. The number of aromatic nitrogens is 1. The van der Waals surface area contributed by atoms with Crippen LogP contribution in [0.25, 0.3) is 0 Å². The van der Waals surface area contributed by atoms with Gasteiger partial charge in [0.05, 0.1) is 6.04 Å². The summed E-state index contributed by atoms with van der Waals surface area (Å²) < 4.78 is 0. The summed E-state index contributed by atoms with van der Waals surface area (Å²) in [6, 6.07) is 3.75. The number of nitrogens with zero attached hydrogens (tertiary/aromatic N) is 3. The normalized spacial score (nSPS) is 18.0. The Morgan fingerprint density at radius 2 is 2.09 bits per heavy atom. The molecule has 0 radical (unpaired) electrons.